The molecule has 0 aromatic heterocycles. The highest BCUT2D eigenvalue weighted by Gasteiger charge is 2.18. The molecule has 0 saturated heterocycles. The lowest BCUT2D eigenvalue weighted by Gasteiger charge is -2.11. The molecule has 7 heteroatoms. The van der Waals surface area contributed by atoms with Crippen LogP contribution in [0.1, 0.15) is 23.2 Å². The van der Waals surface area contributed by atoms with Gasteiger partial charge in [0.05, 0.1) is 11.3 Å². The fourth-order valence-corrected chi connectivity index (χ4v) is 4.04. The molecule has 0 aliphatic heterocycles. The third kappa shape index (κ3) is 4.32. The highest BCUT2D eigenvalue weighted by Crippen LogP contribution is 2.25. The molecule has 0 spiro atoms. The Morgan fingerprint density at radius 3 is 2.37 bits per heavy atom. The van der Waals surface area contributed by atoms with Crippen molar-refractivity contribution in [2.45, 2.75) is 17.7 Å². The number of sulfonamides is 1. The maximum absolute atomic E-state index is 12.8. The van der Waals surface area contributed by atoms with Crippen LogP contribution in [0.25, 0.3) is 10.8 Å². The van der Waals surface area contributed by atoms with Gasteiger partial charge in [-0.3, -0.25) is 14.3 Å². The van der Waals surface area contributed by atoms with Gasteiger partial charge >= 0.3 is 5.97 Å². The molecule has 0 unspecified atom stereocenters. The number of benzene rings is 3. The smallest absolute Gasteiger partial charge is 0.303 e. The highest BCUT2D eigenvalue weighted by atomic mass is 32.2. The van der Waals surface area contributed by atoms with Crippen molar-refractivity contribution < 1.29 is 23.1 Å². The first kappa shape index (κ1) is 18.6. The van der Waals surface area contributed by atoms with Gasteiger partial charge in [0.15, 0.2) is 5.78 Å². The van der Waals surface area contributed by atoms with Crippen LogP contribution in [0.3, 0.4) is 0 Å². The third-order valence-electron chi connectivity index (χ3n) is 4.04. The normalized spacial score (nSPS) is 11.3. The number of carboxylic acid groups (broad SMARTS) is 1. The molecule has 0 amide bonds. The average Bonchev–Trinajstić information content (AvgIpc) is 2.65. The predicted molar refractivity (Wildman–Crippen MR) is 102 cm³/mol. The Bertz CT molecular complexity index is 1120. The Kier molecular flexibility index (Phi) is 5.23. The average molecular weight is 383 g/mol. The third-order valence-corrected chi connectivity index (χ3v) is 5.48. The number of fused-ring (bicyclic) bond motifs is 1. The molecule has 2 N–H and O–H groups in total. The lowest BCUT2D eigenvalue weighted by atomic mass is 10.1. The van der Waals surface area contributed by atoms with Crippen LogP contribution in [0.4, 0.5) is 5.69 Å². The molecule has 6 nitrogen and oxygen atoms in total. The van der Waals surface area contributed by atoms with E-state index in [2.05, 4.69) is 4.72 Å². The summed E-state index contributed by atoms with van der Waals surface area (Å²) in [6.07, 6.45) is -0.417. The fourth-order valence-electron chi connectivity index (χ4n) is 2.76. The summed E-state index contributed by atoms with van der Waals surface area (Å²) < 4.78 is 28.2. The summed E-state index contributed by atoms with van der Waals surface area (Å²) in [6, 6.07) is 18.2. The van der Waals surface area contributed by atoms with E-state index in [1.54, 1.807) is 24.3 Å². The molecule has 138 valence electrons. The zero-order chi connectivity index (χ0) is 19.4. The number of hydrogen-bond acceptors (Lipinski definition) is 4. The summed E-state index contributed by atoms with van der Waals surface area (Å²) >= 11 is 0. The lowest BCUT2D eigenvalue weighted by Crippen LogP contribution is -2.14. The monoisotopic (exact) mass is 383 g/mol. The maximum Gasteiger partial charge on any atom is 0.303 e. The van der Waals surface area contributed by atoms with Crippen molar-refractivity contribution in [2.24, 2.45) is 0 Å². The van der Waals surface area contributed by atoms with E-state index < -0.39 is 16.0 Å². The second-order valence-electron chi connectivity index (χ2n) is 5.98. The largest absolute Gasteiger partial charge is 0.481 e. The summed E-state index contributed by atoms with van der Waals surface area (Å²) in [4.78, 5) is 22.8. The number of Topliss-reactive ketones (excluding diaryl/α,β-unsaturated/α-hetero) is 1. The van der Waals surface area contributed by atoms with E-state index in [9.17, 15) is 18.0 Å². The van der Waals surface area contributed by atoms with Crippen molar-refractivity contribution in [2.75, 3.05) is 4.72 Å². The van der Waals surface area contributed by atoms with Crippen molar-refractivity contribution >= 4 is 38.2 Å². The van der Waals surface area contributed by atoms with Crippen LogP contribution in [0.2, 0.25) is 0 Å². The predicted octanol–water partition coefficient (Wildman–Crippen LogP) is 3.69. The van der Waals surface area contributed by atoms with Crippen LogP contribution < -0.4 is 4.72 Å². The van der Waals surface area contributed by atoms with E-state index in [4.69, 9.17) is 5.11 Å². The molecule has 0 saturated carbocycles. The summed E-state index contributed by atoms with van der Waals surface area (Å²) in [5.74, 6) is -1.42. The van der Waals surface area contributed by atoms with Crippen LogP contribution in [0, 0.1) is 0 Å². The van der Waals surface area contributed by atoms with E-state index in [1.807, 2.05) is 18.2 Å². The molecule has 3 aromatic carbocycles. The second-order valence-corrected chi connectivity index (χ2v) is 7.63. The Labute approximate surface area is 156 Å². The van der Waals surface area contributed by atoms with E-state index in [0.29, 0.717) is 5.39 Å². The molecular weight excluding hydrogens is 366 g/mol. The van der Waals surface area contributed by atoms with Gasteiger partial charge in [-0.1, -0.05) is 48.5 Å². The van der Waals surface area contributed by atoms with Crippen molar-refractivity contribution in [3.63, 3.8) is 0 Å². The molecular formula is C20H17NO5S. The Balaban J connectivity index is 1.89. The quantitative estimate of drug-likeness (QED) is 0.606. The minimum atomic E-state index is -3.86. The number of rotatable bonds is 7. The topological polar surface area (TPSA) is 101 Å². The molecule has 0 aliphatic rings. The van der Waals surface area contributed by atoms with E-state index in [1.165, 1.54) is 24.3 Å². The Morgan fingerprint density at radius 1 is 0.889 bits per heavy atom. The van der Waals surface area contributed by atoms with E-state index in [-0.39, 0.29) is 34.8 Å². The van der Waals surface area contributed by atoms with Crippen molar-refractivity contribution in [3.05, 3.63) is 72.3 Å². The van der Waals surface area contributed by atoms with Crippen LogP contribution in [-0.2, 0) is 14.8 Å². The standard InChI is InChI=1S/C20H17NO5S/c22-18(11-12-20(23)24)15-7-3-8-16(13-15)21-27(25,26)19-10-4-6-14-5-1-2-9-17(14)19/h1-10,13,21H,11-12H2,(H,23,24). The SMILES string of the molecule is O=C(O)CCC(=O)c1cccc(NS(=O)(=O)c2cccc3ccccc23)c1. The van der Waals surface area contributed by atoms with E-state index >= 15 is 0 Å². The van der Waals surface area contributed by atoms with Gasteiger partial charge in [0.2, 0.25) is 0 Å². The van der Waals surface area contributed by atoms with Gasteiger partial charge in [0.25, 0.3) is 10.0 Å². The number of anilines is 1. The number of carbonyl (C=O) groups is 2. The fraction of sp³-hybridized carbons (Fsp3) is 0.100. The maximum atomic E-state index is 12.8. The van der Waals surface area contributed by atoms with Crippen molar-refractivity contribution in [3.8, 4) is 0 Å². The van der Waals surface area contributed by atoms with Gasteiger partial charge in [-0.05, 0) is 23.6 Å². The van der Waals surface area contributed by atoms with Gasteiger partial charge in [0, 0.05) is 23.1 Å². The first-order valence-electron chi connectivity index (χ1n) is 8.22. The molecule has 0 heterocycles. The Morgan fingerprint density at radius 2 is 1.59 bits per heavy atom. The number of nitrogens with one attached hydrogen (secondary N) is 1. The molecule has 0 bridgehead atoms. The first-order chi connectivity index (χ1) is 12.9. The van der Waals surface area contributed by atoms with Gasteiger partial charge < -0.3 is 5.11 Å². The Hall–Kier alpha value is -3.19. The van der Waals surface area contributed by atoms with Crippen LogP contribution in [0.5, 0.6) is 0 Å². The summed E-state index contributed by atoms with van der Waals surface area (Å²) in [6.45, 7) is 0. The van der Waals surface area contributed by atoms with Gasteiger partial charge in [-0.15, -0.1) is 0 Å². The van der Waals surface area contributed by atoms with Gasteiger partial charge in [-0.2, -0.15) is 0 Å². The summed E-state index contributed by atoms with van der Waals surface area (Å²) in [7, 11) is -3.86. The van der Waals surface area contributed by atoms with E-state index in [0.717, 1.165) is 5.39 Å². The number of ketones is 1. The lowest BCUT2D eigenvalue weighted by molar-refractivity contribution is -0.136. The molecule has 0 aliphatic carbocycles. The van der Waals surface area contributed by atoms with Crippen molar-refractivity contribution in [1.82, 2.24) is 0 Å². The zero-order valence-corrected chi connectivity index (χ0v) is 15.1. The second kappa shape index (κ2) is 7.59. The van der Waals surface area contributed by atoms with Crippen LogP contribution in [0.15, 0.2) is 71.6 Å². The minimum Gasteiger partial charge on any atom is -0.481 e. The van der Waals surface area contributed by atoms with Crippen molar-refractivity contribution in [1.29, 1.82) is 0 Å². The summed E-state index contributed by atoms with van der Waals surface area (Å²) in [5.41, 5.74) is 0.499. The first-order valence-corrected chi connectivity index (χ1v) is 9.71. The summed E-state index contributed by atoms with van der Waals surface area (Å²) in [5, 5.41) is 10.1. The molecule has 3 rings (SSSR count). The zero-order valence-electron chi connectivity index (χ0n) is 14.3. The molecule has 27 heavy (non-hydrogen) atoms. The van der Waals surface area contributed by atoms with Crippen LogP contribution >= 0.6 is 0 Å². The molecule has 0 radical (unpaired) electrons. The van der Waals surface area contributed by atoms with Gasteiger partial charge in [-0.25, -0.2) is 8.42 Å². The molecule has 0 fully saturated rings. The highest BCUT2D eigenvalue weighted by molar-refractivity contribution is 7.93. The molecule has 0 atom stereocenters. The number of hydrogen-bond donors (Lipinski definition) is 2. The van der Waals surface area contributed by atoms with Crippen LogP contribution in [-0.4, -0.2) is 25.3 Å². The minimum absolute atomic E-state index is 0.142. The number of aliphatic carboxylic acids is 1. The van der Waals surface area contributed by atoms with Gasteiger partial charge in [0.1, 0.15) is 0 Å². The number of carboxylic acids is 1. The number of carbonyl (C=O) groups excluding carboxylic acids is 1. The molecule has 3 aromatic rings.